The van der Waals surface area contributed by atoms with E-state index in [0.29, 0.717) is 12.0 Å². The zero-order chi connectivity index (χ0) is 13.1. The molecule has 0 amide bonds. The van der Waals surface area contributed by atoms with Crippen molar-refractivity contribution >= 4 is 0 Å². The summed E-state index contributed by atoms with van der Waals surface area (Å²) in [6.07, 6.45) is 4.51. The van der Waals surface area contributed by atoms with Gasteiger partial charge in [-0.3, -0.25) is 4.79 Å². The average molecular weight is 248 g/mol. The predicted molar refractivity (Wildman–Crippen MR) is 75.0 cm³/mol. The summed E-state index contributed by atoms with van der Waals surface area (Å²) in [7, 11) is 1.99. The molecule has 0 radical (unpaired) electrons. The van der Waals surface area contributed by atoms with Gasteiger partial charge in [-0.1, -0.05) is 26.3 Å². The van der Waals surface area contributed by atoms with Crippen molar-refractivity contribution in [1.29, 1.82) is 0 Å². The predicted octanol–water partition coefficient (Wildman–Crippen LogP) is 1.97. The molecule has 0 saturated carbocycles. The van der Waals surface area contributed by atoms with E-state index in [1.54, 1.807) is 6.07 Å². The molecule has 1 N–H and O–H groups in total. The number of aryl methyl sites for hydroxylation is 1. The zero-order valence-corrected chi connectivity index (χ0v) is 11.7. The molecular weight excluding hydrogens is 224 g/mol. The van der Waals surface area contributed by atoms with Gasteiger partial charge < -0.3 is 9.88 Å². The van der Waals surface area contributed by atoms with E-state index in [4.69, 9.17) is 0 Å². The van der Waals surface area contributed by atoms with Gasteiger partial charge >= 0.3 is 0 Å². The molecule has 1 aromatic heterocycles. The highest BCUT2D eigenvalue weighted by atomic mass is 16.1. The second-order valence-electron chi connectivity index (χ2n) is 5.39. The molecule has 1 aliphatic carbocycles. The summed E-state index contributed by atoms with van der Waals surface area (Å²) in [5.74, 6) is 0.583. The molecule has 1 heterocycles. The van der Waals surface area contributed by atoms with Crippen LogP contribution < -0.4 is 10.9 Å². The van der Waals surface area contributed by atoms with Crippen LogP contribution in [-0.2, 0) is 19.4 Å². The number of aromatic nitrogens is 1. The Labute approximate surface area is 109 Å². The van der Waals surface area contributed by atoms with Crippen molar-refractivity contribution in [3.63, 3.8) is 0 Å². The fourth-order valence-electron chi connectivity index (χ4n) is 2.87. The Balaban J connectivity index is 2.28. The Morgan fingerprint density at radius 1 is 1.39 bits per heavy atom. The first-order chi connectivity index (χ1) is 8.67. The molecule has 100 valence electrons. The van der Waals surface area contributed by atoms with Gasteiger partial charge in [0, 0.05) is 24.3 Å². The largest absolute Gasteiger partial charge is 0.315 e. The first-order valence-electron chi connectivity index (χ1n) is 7.06. The summed E-state index contributed by atoms with van der Waals surface area (Å²) >= 11 is 0. The normalized spacial score (nSPS) is 17.5. The van der Waals surface area contributed by atoms with Crippen LogP contribution in [0.4, 0.5) is 0 Å². The molecule has 18 heavy (non-hydrogen) atoms. The van der Waals surface area contributed by atoms with E-state index in [2.05, 4.69) is 19.2 Å². The lowest BCUT2D eigenvalue weighted by Gasteiger charge is -2.24. The van der Waals surface area contributed by atoms with E-state index in [-0.39, 0.29) is 5.56 Å². The van der Waals surface area contributed by atoms with Gasteiger partial charge in [0.2, 0.25) is 0 Å². The van der Waals surface area contributed by atoms with Crippen molar-refractivity contribution in [3.8, 4) is 0 Å². The molecule has 0 spiro atoms. The van der Waals surface area contributed by atoms with Crippen molar-refractivity contribution in [2.45, 2.75) is 52.1 Å². The van der Waals surface area contributed by atoms with Crippen LogP contribution in [0, 0.1) is 5.92 Å². The van der Waals surface area contributed by atoms with Gasteiger partial charge in [0.05, 0.1) is 0 Å². The first kappa shape index (κ1) is 13.3. The highest BCUT2D eigenvalue weighted by Crippen LogP contribution is 2.21. The second-order valence-corrected chi connectivity index (χ2v) is 5.39. The second kappa shape index (κ2) is 5.70. The van der Waals surface area contributed by atoms with Gasteiger partial charge in [-0.2, -0.15) is 0 Å². The van der Waals surface area contributed by atoms with Crippen molar-refractivity contribution < 1.29 is 0 Å². The third-order valence-electron chi connectivity index (χ3n) is 4.33. The lowest BCUT2D eigenvalue weighted by atomic mass is 9.99. The van der Waals surface area contributed by atoms with Crippen molar-refractivity contribution in [1.82, 2.24) is 9.88 Å². The number of fused-ring (bicyclic) bond motifs is 1. The lowest BCUT2D eigenvalue weighted by Crippen LogP contribution is -2.39. The maximum atomic E-state index is 12.1. The van der Waals surface area contributed by atoms with E-state index < -0.39 is 0 Å². The van der Waals surface area contributed by atoms with Gasteiger partial charge in [0.1, 0.15) is 0 Å². The zero-order valence-electron chi connectivity index (χ0n) is 11.7. The molecule has 0 aromatic carbocycles. The van der Waals surface area contributed by atoms with E-state index in [1.165, 1.54) is 17.7 Å². The van der Waals surface area contributed by atoms with Crippen LogP contribution in [0.3, 0.4) is 0 Å². The SMILES string of the molecule is CCC(C)C(Cn1c2c(ccc1=O)CCC2)NC. The maximum absolute atomic E-state index is 12.1. The standard InChI is InChI=1S/C15H24N2O/c1-4-11(2)13(16-3)10-17-14-7-5-6-12(14)8-9-15(17)18/h8-9,11,13,16H,4-7,10H2,1-3H3. The molecule has 2 rings (SSSR count). The molecule has 0 bridgehead atoms. The topological polar surface area (TPSA) is 34.0 Å². The minimum absolute atomic E-state index is 0.152. The number of hydrogen-bond acceptors (Lipinski definition) is 2. The third kappa shape index (κ3) is 2.51. The van der Waals surface area contributed by atoms with Gasteiger partial charge in [0.25, 0.3) is 5.56 Å². The summed E-state index contributed by atoms with van der Waals surface area (Å²) < 4.78 is 2.00. The Morgan fingerprint density at radius 2 is 2.17 bits per heavy atom. The molecule has 2 atom stereocenters. The minimum atomic E-state index is 0.152. The van der Waals surface area contributed by atoms with Gasteiger partial charge in [0.15, 0.2) is 0 Å². The van der Waals surface area contributed by atoms with Gasteiger partial charge in [-0.25, -0.2) is 0 Å². The Morgan fingerprint density at radius 3 is 2.83 bits per heavy atom. The molecule has 0 aliphatic heterocycles. The summed E-state index contributed by atoms with van der Waals surface area (Å²) in [6, 6.07) is 4.12. The molecule has 2 unspecified atom stereocenters. The van der Waals surface area contributed by atoms with Crippen LogP contribution in [0.5, 0.6) is 0 Å². The number of likely N-dealkylation sites (N-methyl/N-ethyl adjacent to an activating group) is 1. The smallest absolute Gasteiger partial charge is 0.250 e. The number of pyridine rings is 1. The number of nitrogens with one attached hydrogen (secondary N) is 1. The summed E-state index contributed by atoms with van der Waals surface area (Å²) in [5.41, 5.74) is 2.79. The van der Waals surface area contributed by atoms with Crippen molar-refractivity contribution in [2.75, 3.05) is 7.05 Å². The average Bonchev–Trinajstić information content (AvgIpc) is 2.85. The molecule has 3 nitrogen and oxygen atoms in total. The van der Waals surface area contributed by atoms with Crippen LogP contribution in [0.1, 0.15) is 37.9 Å². The van der Waals surface area contributed by atoms with Crippen LogP contribution >= 0.6 is 0 Å². The number of rotatable bonds is 5. The fraction of sp³-hybridized carbons (Fsp3) is 0.667. The highest BCUT2D eigenvalue weighted by molar-refractivity contribution is 5.25. The van der Waals surface area contributed by atoms with E-state index in [0.717, 1.165) is 25.8 Å². The van der Waals surface area contributed by atoms with Crippen molar-refractivity contribution in [3.05, 3.63) is 33.7 Å². The Hall–Kier alpha value is -1.09. The van der Waals surface area contributed by atoms with Crippen LogP contribution in [0.15, 0.2) is 16.9 Å². The van der Waals surface area contributed by atoms with Gasteiger partial charge in [-0.05, 0) is 37.8 Å². The van der Waals surface area contributed by atoms with Crippen molar-refractivity contribution in [2.24, 2.45) is 5.92 Å². The Kier molecular flexibility index (Phi) is 4.23. The molecule has 1 aliphatic rings. The van der Waals surface area contributed by atoms with E-state index in [9.17, 15) is 4.79 Å². The molecule has 0 saturated heterocycles. The van der Waals surface area contributed by atoms with E-state index in [1.807, 2.05) is 17.7 Å². The summed E-state index contributed by atoms with van der Waals surface area (Å²) in [5, 5.41) is 3.36. The quantitative estimate of drug-likeness (QED) is 0.864. The monoisotopic (exact) mass is 248 g/mol. The summed E-state index contributed by atoms with van der Waals surface area (Å²) in [4.78, 5) is 12.1. The molecule has 0 fully saturated rings. The molecular formula is C15H24N2O. The van der Waals surface area contributed by atoms with Crippen LogP contribution in [0.25, 0.3) is 0 Å². The highest BCUT2D eigenvalue weighted by Gasteiger charge is 2.20. The number of hydrogen-bond donors (Lipinski definition) is 1. The Bertz CT molecular complexity index is 464. The van der Waals surface area contributed by atoms with Crippen LogP contribution in [-0.4, -0.2) is 17.7 Å². The minimum Gasteiger partial charge on any atom is -0.315 e. The first-order valence-corrected chi connectivity index (χ1v) is 7.06. The molecule has 3 heteroatoms. The van der Waals surface area contributed by atoms with Crippen LogP contribution in [0.2, 0.25) is 0 Å². The number of nitrogens with zero attached hydrogens (tertiary/aromatic N) is 1. The van der Waals surface area contributed by atoms with E-state index >= 15 is 0 Å². The third-order valence-corrected chi connectivity index (χ3v) is 4.33. The molecule has 1 aromatic rings. The lowest BCUT2D eigenvalue weighted by molar-refractivity contribution is 0.341. The maximum Gasteiger partial charge on any atom is 0.250 e. The fourth-order valence-corrected chi connectivity index (χ4v) is 2.87. The summed E-state index contributed by atoms with van der Waals surface area (Å²) in [6.45, 7) is 5.25. The van der Waals surface area contributed by atoms with Gasteiger partial charge in [-0.15, -0.1) is 0 Å².